The molecule has 94 valence electrons. The van der Waals surface area contributed by atoms with Gasteiger partial charge in [-0.15, -0.1) is 0 Å². The van der Waals surface area contributed by atoms with Crippen molar-refractivity contribution < 1.29 is 9.53 Å². The van der Waals surface area contributed by atoms with Gasteiger partial charge in [-0.2, -0.15) is 4.37 Å². The summed E-state index contributed by atoms with van der Waals surface area (Å²) in [4.78, 5) is 15.6. The Balaban J connectivity index is 2.35. The molecule has 4 nitrogen and oxygen atoms in total. The topological polar surface area (TPSA) is 52.1 Å². The van der Waals surface area contributed by atoms with Crippen molar-refractivity contribution in [2.75, 3.05) is 6.61 Å². The predicted molar refractivity (Wildman–Crippen MR) is 71.3 cm³/mol. The lowest BCUT2D eigenvalue weighted by Gasteiger charge is -1.99. The minimum Gasteiger partial charge on any atom is -0.461 e. The standard InChI is InChI=1S/C11H8Cl2N2O2S/c1-2-17-11(16)10-14-9(15-18-10)7-5-6(12)3-4-8(7)13/h3-5H,2H2,1H3. The number of aromatic nitrogens is 2. The summed E-state index contributed by atoms with van der Waals surface area (Å²) in [7, 11) is 0. The largest absolute Gasteiger partial charge is 0.461 e. The van der Waals surface area contributed by atoms with Gasteiger partial charge in [-0.1, -0.05) is 23.2 Å². The molecule has 0 aliphatic rings. The molecule has 0 radical (unpaired) electrons. The highest BCUT2D eigenvalue weighted by atomic mass is 35.5. The Kier molecular flexibility index (Phi) is 4.16. The molecule has 1 heterocycles. The van der Waals surface area contributed by atoms with Gasteiger partial charge in [-0.3, -0.25) is 0 Å². The number of esters is 1. The summed E-state index contributed by atoms with van der Waals surface area (Å²) in [6.07, 6.45) is 0. The van der Waals surface area contributed by atoms with E-state index in [1.165, 1.54) is 0 Å². The van der Waals surface area contributed by atoms with Crippen LogP contribution in [0.1, 0.15) is 16.7 Å². The van der Waals surface area contributed by atoms with Crippen LogP contribution >= 0.6 is 34.7 Å². The lowest BCUT2D eigenvalue weighted by atomic mass is 10.2. The van der Waals surface area contributed by atoms with E-state index in [0.29, 0.717) is 28.0 Å². The van der Waals surface area contributed by atoms with Crippen molar-refractivity contribution in [2.24, 2.45) is 0 Å². The third kappa shape index (κ3) is 2.80. The zero-order valence-electron chi connectivity index (χ0n) is 9.31. The highest BCUT2D eigenvalue weighted by Crippen LogP contribution is 2.29. The van der Waals surface area contributed by atoms with Crippen molar-refractivity contribution in [1.82, 2.24) is 9.36 Å². The highest BCUT2D eigenvalue weighted by molar-refractivity contribution is 7.07. The Morgan fingerprint density at radius 3 is 2.94 bits per heavy atom. The van der Waals surface area contributed by atoms with Crippen LogP contribution in [0.25, 0.3) is 11.4 Å². The molecule has 2 rings (SSSR count). The Morgan fingerprint density at radius 2 is 2.22 bits per heavy atom. The molecule has 0 N–H and O–H groups in total. The van der Waals surface area contributed by atoms with Crippen molar-refractivity contribution in [1.29, 1.82) is 0 Å². The summed E-state index contributed by atoms with van der Waals surface area (Å²) in [5, 5.41) is 1.21. The second-order valence-corrected chi connectivity index (χ2v) is 4.86. The molecular weight excluding hydrogens is 295 g/mol. The third-order valence-electron chi connectivity index (χ3n) is 2.05. The number of rotatable bonds is 3. The molecule has 0 fully saturated rings. The van der Waals surface area contributed by atoms with Crippen molar-refractivity contribution in [3.05, 3.63) is 33.3 Å². The molecule has 7 heteroatoms. The normalized spacial score (nSPS) is 10.4. The average molecular weight is 303 g/mol. The van der Waals surface area contributed by atoms with Gasteiger partial charge in [0.25, 0.3) is 0 Å². The summed E-state index contributed by atoms with van der Waals surface area (Å²) in [5.41, 5.74) is 0.593. The summed E-state index contributed by atoms with van der Waals surface area (Å²) in [6, 6.07) is 4.98. The van der Waals surface area contributed by atoms with Crippen molar-refractivity contribution in [3.63, 3.8) is 0 Å². The van der Waals surface area contributed by atoms with Gasteiger partial charge in [0.05, 0.1) is 11.6 Å². The summed E-state index contributed by atoms with van der Waals surface area (Å²) < 4.78 is 8.92. The van der Waals surface area contributed by atoms with E-state index in [0.717, 1.165) is 11.5 Å². The number of ether oxygens (including phenoxy) is 1. The fourth-order valence-electron chi connectivity index (χ4n) is 1.28. The maximum atomic E-state index is 11.5. The molecule has 0 spiro atoms. The van der Waals surface area contributed by atoms with E-state index in [2.05, 4.69) is 9.36 Å². The predicted octanol–water partition coefficient (Wildman–Crippen LogP) is 3.69. The lowest BCUT2D eigenvalue weighted by molar-refractivity contribution is 0.0526. The van der Waals surface area contributed by atoms with Crippen LogP contribution in [0.2, 0.25) is 10.0 Å². The van der Waals surface area contributed by atoms with E-state index in [-0.39, 0.29) is 5.01 Å². The summed E-state index contributed by atoms with van der Waals surface area (Å²) in [6.45, 7) is 2.03. The molecule has 0 atom stereocenters. The van der Waals surface area contributed by atoms with Gasteiger partial charge < -0.3 is 4.74 Å². The SMILES string of the molecule is CCOC(=O)c1nc(-c2cc(Cl)ccc2Cl)ns1. The molecule has 0 amide bonds. The van der Waals surface area contributed by atoms with Gasteiger partial charge >= 0.3 is 5.97 Å². The van der Waals surface area contributed by atoms with E-state index in [1.54, 1.807) is 25.1 Å². The average Bonchev–Trinajstić information content (AvgIpc) is 2.82. The van der Waals surface area contributed by atoms with Crippen molar-refractivity contribution in [2.45, 2.75) is 6.92 Å². The monoisotopic (exact) mass is 302 g/mol. The molecule has 1 aromatic heterocycles. The number of nitrogens with zero attached hydrogens (tertiary/aromatic N) is 2. The van der Waals surface area contributed by atoms with E-state index < -0.39 is 5.97 Å². The smallest absolute Gasteiger partial charge is 0.369 e. The minimum atomic E-state index is -0.487. The van der Waals surface area contributed by atoms with E-state index in [1.807, 2.05) is 0 Å². The first-order valence-electron chi connectivity index (χ1n) is 5.08. The maximum Gasteiger partial charge on any atom is 0.369 e. The van der Waals surface area contributed by atoms with E-state index in [4.69, 9.17) is 27.9 Å². The second kappa shape index (κ2) is 5.65. The first-order chi connectivity index (χ1) is 8.61. The molecule has 0 aliphatic heterocycles. The maximum absolute atomic E-state index is 11.5. The number of benzene rings is 1. The number of halogens is 2. The van der Waals surface area contributed by atoms with Crippen LogP contribution in [-0.2, 0) is 4.74 Å². The second-order valence-electron chi connectivity index (χ2n) is 3.27. The molecule has 0 aliphatic carbocycles. The van der Waals surface area contributed by atoms with Crippen LogP contribution < -0.4 is 0 Å². The molecule has 18 heavy (non-hydrogen) atoms. The van der Waals surface area contributed by atoms with Crippen molar-refractivity contribution in [3.8, 4) is 11.4 Å². The van der Waals surface area contributed by atoms with Crippen LogP contribution in [0, 0.1) is 0 Å². The zero-order chi connectivity index (χ0) is 13.1. The van der Waals surface area contributed by atoms with Gasteiger partial charge in [0, 0.05) is 10.6 Å². The van der Waals surface area contributed by atoms with Crippen LogP contribution in [-0.4, -0.2) is 21.9 Å². The molecular formula is C11H8Cl2N2O2S. The van der Waals surface area contributed by atoms with E-state index in [9.17, 15) is 4.79 Å². The molecule has 1 aromatic carbocycles. The Bertz CT molecular complexity index is 586. The zero-order valence-corrected chi connectivity index (χ0v) is 11.6. The van der Waals surface area contributed by atoms with Crippen LogP contribution in [0.3, 0.4) is 0 Å². The molecule has 0 unspecified atom stereocenters. The highest BCUT2D eigenvalue weighted by Gasteiger charge is 2.16. The number of carbonyl (C=O) groups excluding carboxylic acids is 1. The first-order valence-corrected chi connectivity index (χ1v) is 6.61. The number of hydrogen-bond donors (Lipinski definition) is 0. The first kappa shape index (κ1) is 13.3. The fraction of sp³-hybridized carbons (Fsp3) is 0.182. The van der Waals surface area contributed by atoms with Crippen molar-refractivity contribution >= 4 is 40.7 Å². The van der Waals surface area contributed by atoms with Crippen LogP contribution in [0.5, 0.6) is 0 Å². The minimum absolute atomic E-state index is 0.197. The summed E-state index contributed by atoms with van der Waals surface area (Å²) in [5.74, 6) is -0.116. The van der Waals surface area contributed by atoms with E-state index >= 15 is 0 Å². The third-order valence-corrected chi connectivity index (χ3v) is 3.31. The van der Waals surface area contributed by atoms with Gasteiger partial charge in [-0.25, -0.2) is 9.78 Å². The summed E-state index contributed by atoms with van der Waals surface area (Å²) >= 11 is 12.9. The molecule has 0 saturated heterocycles. The number of hydrogen-bond acceptors (Lipinski definition) is 5. The molecule has 0 bridgehead atoms. The quantitative estimate of drug-likeness (QED) is 0.811. The van der Waals surface area contributed by atoms with Crippen LogP contribution in [0.4, 0.5) is 0 Å². The van der Waals surface area contributed by atoms with Crippen LogP contribution in [0.15, 0.2) is 18.2 Å². The molecule has 2 aromatic rings. The van der Waals surface area contributed by atoms with Gasteiger partial charge in [0.2, 0.25) is 5.01 Å². The Morgan fingerprint density at radius 1 is 1.44 bits per heavy atom. The fourth-order valence-corrected chi connectivity index (χ4v) is 2.22. The number of carbonyl (C=O) groups is 1. The Labute approximate surface area is 118 Å². The Hall–Kier alpha value is -1.17. The van der Waals surface area contributed by atoms with Gasteiger partial charge in [0.1, 0.15) is 0 Å². The van der Waals surface area contributed by atoms with Gasteiger partial charge in [0.15, 0.2) is 5.82 Å². The lowest BCUT2D eigenvalue weighted by Crippen LogP contribution is -2.03. The molecule has 0 saturated carbocycles. The van der Waals surface area contributed by atoms with Gasteiger partial charge in [-0.05, 0) is 36.7 Å².